The van der Waals surface area contributed by atoms with E-state index < -0.39 is 0 Å². The van der Waals surface area contributed by atoms with Gasteiger partial charge in [0.05, 0.1) is 63.6 Å². The Morgan fingerprint density at radius 1 is 0.361 bits per heavy atom. The van der Waals surface area contributed by atoms with E-state index in [4.69, 9.17) is 14.7 Å². The van der Waals surface area contributed by atoms with Crippen molar-refractivity contribution >= 4 is 43.6 Å². The highest BCUT2D eigenvalue weighted by molar-refractivity contribution is 6.14. The zero-order valence-corrected chi connectivity index (χ0v) is 39.2. The zero-order chi connectivity index (χ0) is 48.1. The van der Waals surface area contributed by atoms with Crippen LogP contribution in [0.3, 0.4) is 0 Å². The van der Waals surface area contributed by atoms with Gasteiger partial charge in [0.2, 0.25) is 0 Å². The Kier molecular flexibility index (Phi) is 10.3. The van der Waals surface area contributed by atoms with Crippen LogP contribution in [-0.4, -0.2) is 26.2 Å². The van der Waals surface area contributed by atoms with E-state index >= 15 is 0 Å². The molecule has 0 bridgehead atoms. The maximum absolute atomic E-state index is 11.5. The number of aromatic nitrogens is 4. The van der Waals surface area contributed by atoms with Crippen molar-refractivity contribution in [3.63, 3.8) is 0 Å². The summed E-state index contributed by atoms with van der Waals surface area (Å²) in [6.07, 6.45) is 0. The van der Waals surface area contributed by atoms with E-state index in [0.717, 1.165) is 117 Å². The van der Waals surface area contributed by atoms with Crippen LogP contribution < -0.4 is 4.74 Å². The van der Waals surface area contributed by atoms with Gasteiger partial charge in [-0.05, 0) is 106 Å². The van der Waals surface area contributed by atoms with Crippen molar-refractivity contribution in [3.8, 4) is 90.5 Å². The molecule has 0 atom stereocenters. The third-order valence-corrected chi connectivity index (χ3v) is 13.9. The molecule has 10 aromatic carbocycles. The first kappa shape index (κ1) is 42.3. The van der Waals surface area contributed by atoms with Gasteiger partial charge >= 0.3 is 0 Å². The molecule has 72 heavy (non-hydrogen) atoms. The standard InChI is InChI=1S/C66H43N5O/c1-72-52-30-34-63-57(39-52)56-37-50(45-21-11-4-12-22-45)29-33-62(56)71(63)65-40-53(66-68-58(46-23-13-5-14-24-46)41-59(69-66)47-25-15-6-16-26-47)51(42-67)38-64(65)70-60-31-27-48(43-17-7-2-8-18-43)35-54(60)55-36-49(28-32-61(55)70)44-19-9-3-10-20-44/h2-41H,1H3. The summed E-state index contributed by atoms with van der Waals surface area (Å²) in [5, 5.41) is 15.8. The van der Waals surface area contributed by atoms with Gasteiger partial charge in [-0.15, -0.1) is 0 Å². The minimum Gasteiger partial charge on any atom is -0.497 e. The Morgan fingerprint density at radius 2 is 0.722 bits per heavy atom. The van der Waals surface area contributed by atoms with Gasteiger partial charge in [0.15, 0.2) is 5.82 Å². The Hall–Kier alpha value is -9.83. The lowest BCUT2D eigenvalue weighted by Gasteiger charge is -2.20. The van der Waals surface area contributed by atoms with E-state index in [1.807, 2.05) is 60.7 Å². The molecule has 3 aromatic heterocycles. The van der Waals surface area contributed by atoms with Crippen LogP contribution in [0, 0.1) is 11.3 Å². The molecule has 6 nitrogen and oxygen atoms in total. The Morgan fingerprint density at radius 3 is 1.11 bits per heavy atom. The van der Waals surface area contributed by atoms with E-state index in [0.29, 0.717) is 17.0 Å². The van der Waals surface area contributed by atoms with Crippen LogP contribution in [0.25, 0.3) is 122 Å². The van der Waals surface area contributed by atoms with Crippen LogP contribution in [0.4, 0.5) is 0 Å². The molecule has 338 valence electrons. The van der Waals surface area contributed by atoms with Crippen LogP contribution in [0.5, 0.6) is 5.75 Å². The van der Waals surface area contributed by atoms with Gasteiger partial charge in [-0.2, -0.15) is 5.26 Å². The van der Waals surface area contributed by atoms with Crippen LogP contribution in [0.15, 0.2) is 243 Å². The van der Waals surface area contributed by atoms with Gasteiger partial charge in [0, 0.05) is 38.2 Å². The number of methoxy groups -OCH3 is 1. The summed E-state index contributed by atoms with van der Waals surface area (Å²) >= 11 is 0. The second-order valence-corrected chi connectivity index (χ2v) is 18.0. The summed E-state index contributed by atoms with van der Waals surface area (Å²) in [5.41, 5.74) is 16.9. The largest absolute Gasteiger partial charge is 0.497 e. The molecule has 0 aliphatic carbocycles. The average molecular weight is 922 g/mol. The molecule has 0 aliphatic heterocycles. The van der Waals surface area contributed by atoms with Crippen molar-refractivity contribution in [1.29, 1.82) is 5.26 Å². The number of nitrogens with zero attached hydrogens (tertiary/aromatic N) is 5. The van der Waals surface area contributed by atoms with Crippen molar-refractivity contribution in [1.82, 2.24) is 19.1 Å². The first-order valence-corrected chi connectivity index (χ1v) is 24.1. The second kappa shape index (κ2) is 17.6. The van der Waals surface area contributed by atoms with Gasteiger partial charge in [0.25, 0.3) is 0 Å². The van der Waals surface area contributed by atoms with Gasteiger partial charge in [-0.3, -0.25) is 0 Å². The molecule has 3 heterocycles. The molecule has 13 aromatic rings. The molecule has 0 radical (unpaired) electrons. The van der Waals surface area contributed by atoms with Crippen LogP contribution in [-0.2, 0) is 0 Å². The quantitative estimate of drug-likeness (QED) is 0.145. The Labute approximate surface area is 416 Å². The predicted octanol–water partition coefficient (Wildman–Crippen LogP) is 16.6. The fourth-order valence-corrected chi connectivity index (χ4v) is 10.4. The van der Waals surface area contributed by atoms with Gasteiger partial charge in [-0.25, -0.2) is 9.97 Å². The molecule has 6 heteroatoms. The fraction of sp³-hybridized carbons (Fsp3) is 0.0152. The topological polar surface area (TPSA) is 68.7 Å². The number of fused-ring (bicyclic) bond motifs is 6. The van der Waals surface area contributed by atoms with Crippen molar-refractivity contribution in [2.45, 2.75) is 0 Å². The highest BCUT2D eigenvalue weighted by atomic mass is 16.5. The van der Waals surface area contributed by atoms with Gasteiger partial charge in [0.1, 0.15) is 5.75 Å². The molecular weight excluding hydrogens is 879 g/mol. The number of hydrogen-bond acceptors (Lipinski definition) is 4. The molecule has 0 amide bonds. The molecular formula is C66H43N5O. The summed E-state index contributed by atoms with van der Waals surface area (Å²) in [7, 11) is 1.71. The minimum absolute atomic E-state index is 0.448. The number of benzene rings is 10. The normalized spacial score (nSPS) is 11.4. The maximum Gasteiger partial charge on any atom is 0.161 e. The van der Waals surface area contributed by atoms with E-state index in [1.54, 1.807) is 7.11 Å². The number of rotatable bonds is 9. The number of ether oxygens (including phenoxy) is 1. The molecule has 0 saturated heterocycles. The van der Waals surface area contributed by atoms with Crippen LogP contribution >= 0.6 is 0 Å². The summed E-state index contributed by atoms with van der Waals surface area (Å²) in [6.45, 7) is 0. The van der Waals surface area contributed by atoms with Crippen molar-refractivity contribution in [2.75, 3.05) is 7.11 Å². The average Bonchev–Trinajstić information content (AvgIpc) is 3.96. The number of hydrogen-bond donors (Lipinski definition) is 0. The fourth-order valence-electron chi connectivity index (χ4n) is 10.4. The van der Waals surface area contributed by atoms with E-state index in [1.165, 1.54) is 0 Å². The summed E-state index contributed by atoms with van der Waals surface area (Å²) in [4.78, 5) is 10.6. The third kappa shape index (κ3) is 7.27. The Bertz CT molecular complexity index is 4080. The number of nitriles is 1. The molecule has 0 N–H and O–H groups in total. The Balaban J connectivity index is 1.15. The lowest BCUT2D eigenvalue weighted by Crippen LogP contribution is -2.06. The first-order chi connectivity index (χ1) is 35.6. The lowest BCUT2D eigenvalue weighted by atomic mass is 10.0. The van der Waals surface area contributed by atoms with Crippen LogP contribution in [0.1, 0.15) is 5.56 Å². The van der Waals surface area contributed by atoms with Crippen molar-refractivity contribution < 1.29 is 4.74 Å². The first-order valence-electron chi connectivity index (χ1n) is 24.1. The molecule has 0 unspecified atom stereocenters. The van der Waals surface area contributed by atoms with E-state index in [2.05, 4.69) is 197 Å². The molecule has 0 saturated carbocycles. The minimum atomic E-state index is 0.448. The van der Waals surface area contributed by atoms with Crippen molar-refractivity contribution in [2.24, 2.45) is 0 Å². The van der Waals surface area contributed by atoms with Gasteiger partial charge < -0.3 is 13.9 Å². The molecule has 0 fully saturated rings. The lowest BCUT2D eigenvalue weighted by molar-refractivity contribution is 0.415. The van der Waals surface area contributed by atoms with E-state index in [-0.39, 0.29) is 0 Å². The monoisotopic (exact) mass is 921 g/mol. The second-order valence-electron chi connectivity index (χ2n) is 18.0. The molecule has 13 rings (SSSR count). The maximum atomic E-state index is 11.5. The molecule has 0 aliphatic rings. The predicted molar refractivity (Wildman–Crippen MR) is 295 cm³/mol. The highest BCUT2D eigenvalue weighted by Crippen LogP contribution is 2.44. The van der Waals surface area contributed by atoms with Gasteiger partial charge in [-0.1, -0.05) is 170 Å². The SMILES string of the molecule is COc1ccc2c(c1)c1cc(-c3ccccc3)ccc1n2-c1cc(-c2nc(-c3ccccc3)cc(-c3ccccc3)n2)c(C#N)cc1-n1c2ccc(-c3ccccc3)cc2c2cc(-c3ccccc3)ccc21. The molecule has 0 spiro atoms. The zero-order valence-electron chi connectivity index (χ0n) is 39.2. The third-order valence-electron chi connectivity index (χ3n) is 13.9. The summed E-state index contributed by atoms with van der Waals surface area (Å²) in [5.74, 6) is 1.22. The summed E-state index contributed by atoms with van der Waals surface area (Å²) in [6, 6.07) is 87.2. The highest BCUT2D eigenvalue weighted by Gasteiger charge is 2.25. The van der Waals surface area contributed by atoms with E-state index in [9.17, 15) is 5.26 Å². The van der Waals surface area contributed by atoms with Crippen molar-refractivity contribution in [3.05, 3.63) is 248 Å². The smallest absolute Gasteiger partial charge is 0.161 e. The van der Waals surface area contributed by atoms with Crippen LogP contribution in [0.2, 0.25) is 0 Å². The summed E-state index contributed by atoms with van der Waals surface area (Å²) < 4.78 is 10.6.